The fourth-order valence-corrected chi connectivity index (χ4v) is 2.44. The van der Waals surface area contributed by atoms with E-state index < -0.39 is 36.4 Å². The van der Waals surface area contributed by atoms with Gasteiger partial charge in [-0.1, -0.05) is 0 Å². The van der Waals surface area contributed by atoms with E-state index in [0.29, 0.717) is 0 Å². The van der Waals surface area contributed by atoms with Crippen LogP contribution in [0, 0.1) is 0 Å². The Morgan fingerprint density at radius 3 is 1.41 bits per heavy atom. The van der Waals surface area contributed by atoms with Gasteiger partial charge in [0.05, 0.1) is 12.2 Å². The number of ether oxygens (including phenoxy) is 4. The Morgan fingerprint density at radius 2 is 1.18 bits per heavy atom. The van der Waals surface area contributed by atoms with Crippen molar-refractivity contribution in [3.63, 3.8) is 0 Å². The Balaban J connectivity index is 2.22. The van der Waals surface area contributed by atoms with Gasteiger partial charge in [-0.2, -0.15) is 0 Å². The Morgan fingerprint density at radius 1 is 0.818 bits per heavy atom. The molecule has 0 saturated carbocycles. The molecule has 122 valence electrons. The van der Waals surface area contributed by atoms with E-state index in [1.807, 2.05) is 27.7 Å². The minimum atomic E-state index is -0.564. The van der Waals surface area contributed by atoms with Gasteiger partial charge in [-0.05, 0) is 39.8 Å². The van der Waals surface area contributed by atoms with Gasteiger partial charge in [-0.25, -0.2) is 9.59 Å². The molecule has 0 bridgehead atoms. The lowest BCUT2D eigenvalue weighted by atomic mass is 10.0. The van der Waals surface area contributed by atoms with Crippen LogP contribution in [0.1, 0.15) is 27.7 Å². The average Bonchev–Trinajstić information content (AvgIpc) is 3.02. The largest absolute Gasteiger partial charge is 0.452 e. The van der Waals surface area contributed by atoms with Gasteiger partial charge >= 0.3 is 11.9 Å². The van der Waals surface area contributed by atoms with Gasteiger partial charge in [0.15, 0.2) is 0 Å². The average molecular weight is 310 g/mol. The molecular formula is C16H22O6. The smallest absolute Gasteiger partial charge is 0.331 e. The van der Waals surface area contributed by atoms with Gasteiger partial charge in [0.1, 0.15) is 24.4 Å². The predicted octanol–water partition coefficient (Wildman–Crippen LogP) is 1.54. The molecule has 0 unspecified atom stereocenters. The van der Waals surface area contributed by atoms with E-state index in [2.05, 4.69) is 0 Å². The number of hydrogen-bond donors (Lipinski definition) is 0. The number of rotatable bonds is 7. The van der Waals surface area contributed by atoms with Crippen molar-refractivity contribution in [3.05, 3.63) is 24.3 Å². The Hall–Kier alpha value is -1.66. The van der Waals surface area contributed by atoms with Gasteiger partial charge in [0.2, 0.25) is 0 Å². The Bertz CT molecular complexity index is 435. The Kier molecular flexibility index (Phi) is 5.37. The van der Waals surface area contributed by atoms with Crippen LogP contribution in [0.4, 0.5) is 0 Å². The standard InChI is InChI=1S/C16H22O6/c1-9(2)19-15(11-5-7-13(17)21-11)16(20-10(3)4)12-6-8-14(18)22-12/h5-12,15-16H,1-4H3/t11-,12-,15-,16-/m1/s1. The molecule has 2 rings (SSSR count). The van der Waals surface area contributed by atoms with Gasteiger partial charge in [0.25, 0.3) is 0 Å². The van der Waals surface area contributed by atoms with E-state index in [-0.39, 0.29) is 12.2 Å². The fourth-order valence-electron chi connectivity index (χ4n) is 2.44. The first-order valence-electron chi connectivity index (χ1n) is 7.45. The molecular weight excluding hydrogens is 288 g/mol. The fraction of sp³-hybridized carbons (Fsp3) is 0.625. The minimum absolute atomic E-state index is 0.1000. The van der Waals surface area contributed by atoms with Crippen molar-refractivity contribution in [3.8, 4) is 0 Å². The summed E-state index contributed by atoms with van der Waals surface area (Å²) < 4.78 is 22.3. The van der Waals surface area contributed by atoms with Crippen molar-refractivity contribution in [1.82, 2.24) is 0 Å². The molecule has 2 aliphatic heterocycles. The van der Waals surface area contributed by atoms with Crippen LogP contribution >= 0.6 is 0 Å². The van der Waals surface area contributed by atoms with Crippen LogP contribution in [0.15, 0.2) is 24.3 Å². The lowest BCUT2D eigenvalue weighted by Crippen LogP contribution is -2.49. The number of hydrogen-bond acceptors (Lipinski definition) is 6. The topological polar surface area (TPSA) is 71.1 Å². The zero-order chi connectivity index (χ0) is 16.3. The summed E-state index contributed by atoms with van der Waals surface area (Å²) in [5, 5.41) is 0. The number of carbonyl (C=O) groups is 2. The first-order chi connectivity index (χ1) is 10.4. The highest BCUT2D eigenvalue weighted by molar-refractivity contribution is 5.85. The van der Waals surface area contributed by atoms with Crippen LogP contribution < -0.4 is 0 Å². The van der Waals surface area contributed by atoms with Crippen molar-refractivity contribution in [2.24, 2.45) is 0 Å². The van der Waals surface area contributed by atoms with Gasteiger partial charge < -0.3 is 18.9 Å². The van der Waals surface area contributed by atoms with Crippen molar-refractivity contribution < 1.29 is 28.5 Å². The summed E-state index contributed by atoms with van der Waals surface area (Å²) in [7, 11) is 0. The van der Waals surface area contributed by atoms with Gasteiger partial charge in [-0.3, -0.25) is 0 Å². The van der Waals surface area contributed by atoms with Gasteiger partial charge in [-0.15, -0.1) is 0 Å². The first-order valence-corrected chi connectivity index (χ1v) is 7.45. The SMILES string of the molecule is CC(C)O[C@@H]([C@H](OC(C)C)[C@H]1C=CC(=O)O1)[C@H]1C=CC(=O)O1. The summed E-state index contributed by atoms with van der Waals surface area (Å²) in [6, 6.07) is 0. The van der Waals surface area contributed by atoms with Crippen LogP contribution in [0.5, 0.6) is 0 Å². The van der Waals surface area contributed by atoms with Crippen LogP contribution in [0.2, 0.25) is 0 Å². The third-order valence-electron chi connectivity index (χ3n) is 3.18. The molecule has 0 spiro atoms. The van der Waals surface area contributed by atoms with Crippen LogP contribution in [0.3, 0.4) is 0 Å². The van der Waals surface area contributed by atoms with E-state index in [9.17, 15) is 9.59 Å². The lowest BCUT2D eigenvalue weighted by Gasteiger charge is -2.34. The second-order valence-corrected chi connectivity index (χ2v) is 5.82. The summed E-state index contributed by atoms with van der Waals surface area (Å²) in [6.45, 7) is 7.54. The monoisotopic (exact) mass is 310 g/mol. The first kappa shape index (κ1) is 16.7. The number of carbonyl (C=O) groups excluding carboxylic acids is 2. The second kappa shape index (κ2) is 7.07. The molecule has 0 aliphatic carbocycles. The molecule has 0 aromatic carbocycles. The summed E-state index contributed by atoms with van der Waals surface area (Å²) in [5.74, 6) is -0.825. The predicted molar refractivity (Wildman–Crippen MR) is 78.1 cm³/mol. The summed E-state index contributed by atoms with van der Waals surface area (Å²) in [6.07, 6.45) is 3.57. The van der Waals surface area contributed by atoms with Crippen LogP contribution in [-0.2, 0) is 28.5 Å². The molecule has 2 heterocycles. The molecule has 22 heavy (non-hydrogen) atoms. The van der Waals surface area contributed by atoms with E-state index in [4.69, 9.17) is 18.9 Å². The van der Waals surface area contributed by atoms with Crippen molar-refractivity contribution >= 4 is 11.9 Å². The lowest BCUT2D eigenvalue weighted by molar-refractivity contribution is -0.184. The van der Waals surface area contributed by atoms with E-state index in [1.165, 1.54) is 12.2 Å². The molecule has 6 heteroatoms. The second-order valence-electron chi connectivity index (χ2n) is 5.82. The minimum Gasteiger partial charge on any atom is -0.452 e. The summed E-state index contributed by atoms with van der Waals surface area (Å²) >= 11 is 0. The third kappa shape index (κ3) is 4.18. The van der Waals surface area contributed by atoms with Crippen LogP contribution in [-0.4, -0.2) is 48.6 Å². The molecule has 0 fully saturated rings. The maximum atomic E-state index is 11.4. The normalized spacial score (nSPS) is 26.6. The molecule has 0 N–H and O–H groups in total. The molecule has 0 aromatic rings. The molecule has 0 amide bonds. The zero-order valence-electron chi connectivity index (χ0n) is 13.2. The molecule has 0 radical (unpaired) electrons. The molecule has 0 saturated heterocycles. The van der Waals surface area contributed by atoms with Crippen LogP contribution in [0.25, 0.3) is 0 Å². The van der Waals surface area contributed by atoms with E-state index in [0.717, 1.165) is 0 Å². The maximum Gasteiger partial charge on any atom is 0.331 e. The van der Waals surface area contributed by atoms with Gasteiger partial charge in [0, 0.05) is 12.2 Å². The highest BCUT2D eigenvalue weighted by Crippen LogP contribution is 2.26. The van der Waals surface area contributed by atoms with Crippen molar-refractivity contribution in [2.75, 3.05) is 0 Å². The quantitative estimate of drug-likeness (QED) is 0.664. The summed E-state index contributed by atoms with van der Waals surface area (Å²) in [4.78, 5) is 22.7. The third-order valence-corrected chi connectivity index (χ3v) is 3.18. The molecule has 0 aromatic heterocycles. The maximum absolute atomic E-state index is 11.4. The summed E-state index contributed by atoms with van der Waals surface area (Å²) in [5.41, 5.74) is 0. The Labute approximate surface area is 130 Å². The van der Waals surface area contributed by atoms with E-state index >= 15 is 0 Å². The van der Waals surface area contributed by atoms with Crippen molar-refractivity contribution in [1.29, 1.82) is 0 Å². The number of cyclic esters (lactones) is 2. The highest BCUT2D eigenvalue weighted by Gasteiger charge is 2.42. The zero-order valence-corrected chi connectivity index (χ0v) is 13.2. The molecule has 4 atom stereocenters. The highest BCUT2D eigenvalue weighted by atomic mass is 16.6. The molecule has 2 aliphatic rings. The number of esters is 2. The molecule has 6 nitrogen and oxygen atoms in total. The van der Waals surface area contributed by atoms with E-state index in [1.54, 1.807) is 12.2 Å². The van der Waals surface area contributed by atoms with Crippen molar-refractivity contribution in [2.45, 2.75) is 64.3 Å².